The van der Waals surface area contributed by atoms with Gasteiger partial charge in [-0.2, -0.15) is 0 Å². The second kappa shape index (κ2) is 7.88. The number of ketones is 1. The number of nitrogens with zero attached hydrogens (tertiary/aromatic N) is 1. The van der Waals surface area contributed by atoms with Crippen molar-refractivity contribution in [3.63, 3.8) is 0 Å². The Morgan fingerprint density at radius 2 is 1.76 bits per heavy atom. The number of benzene rings is 3. The van der Waals surface area contributed by atoms with Crippen LogP contribution in [0, 0.1) is 6.92 Å². The molecule has 0 spiro atoms. The predicted molar refractivity (Wildman–Crippen MR) is 127 cm³/mol. The summed E-state index contributed by atoms with van der Waals surface area (Å²) in [5.74, 6) is -0.447. The van der Waals surface area contributed by atoms with Crippen molar-refractivity contribution in [1.29, 1.82) is 0 Å². The molecular formula is C27H21NO6. The summed E-state index contributed by atoms with van der Waals surface area (Å²) in [5, 5.41) is 10.5. The van der Waals surface area contributed by atoms with Crippen molar-refractivity contribution in [2.24, 2.45) is 0 Å². The molecule has 0 bridgehead atoms. The molecule has 7 nitrogen and oxygen atoms in total. The van der Waals surface area contributed by atoms with Crippen molar-refractivity contribution in [3.05, 3.63) is 98.9 Å². The van der Waals surface area contributed by atoms with Crippen molar-refractivity contribution in [1.82, 2.24) is 0 Å². The Balaban J connectivity index is 1.79. The lowest BCUT2D eigenvalue weighted by atomic mass is 9.97. The summed E-state index contributed by atoms with van der Waals surface area (Å²) in [6, 6.07) is 15.7. The number of ether oxygens (including phenoxy) is 1. The summed E-state index contributed by atoms with van der Waals surface area (Å²) in [4.78, 5) is 40.5. The normalized spacial score (nSPS) is 15.0. The van der Waals surface area contributed by atoms with E-state index in [1.54, 1.807) is 48.5 Å². The topological polar surface area (TPSA) is 97.0 Å². The number of aromatic hydroxyl groups is 1. The molecule has 2 heterocycles. The molecule has 0 saturated carbocycles. The zero-order valence-electron chi connectivity index (χ0n) is 18.8. The van der Waals surface area contributed by atoms with E-state index in [0.717, 1.165) is 5.56 Å². The third-order valence-electron chi connectivity index (χ3n) is 6.10. The number of phenols is 1. The van der Waals surface area contributed by atoms with Gasteiger partial charge in [0.25, 0.3) is 5.91 Å². The summed E-state index contributed by atoms with van der Waals surface area (Å²) in [5.41, 5.74) is 2.71. The molecule has 0 saturated heterocycles. The second-order valence-electron chi connectivity index (χ2n) is 8.29. The third-order valence-corrected chi connectivity index (χ3v) is 6.10. The predicted octanol–water partition coefficient (Wildman–Crippen LogP) is 4.77. The molecular weight excluding hydrogens is 434 g/mol. The molecule has 0 aliphatic carbocycles. The van der Waals surface area contributed by atoms with Crippen molar-refractivity contribution in [2.75, 3.05) is 12.0 Å². The minimum atomic E-state index is -0.818. The first kappa shape index (κ1) is 21.5. The van der Waals surface area contributed by atoms with Gasteiger partial charge in [-0.05, 0) is 67.9 Å². The molecule has 34 heavy (non-hydrogen) atoms. The minimum absolute atomic E-state index is 0.0333. The highest BCUT2D eigenvalue weighted by atomic mass is 16.5. The maximum absolute atomic E-state index is 13.7. The Morgan fingerprint density at radius 3 is 2.44 bits per heavy atom. The van der Waals surface area contributed by atoms with Gasteiger partial charge in [0, 0.05) is 11.3 Å². The van der Waals surface area contributed by atoms with Crippen LogP contribution in [0.15, 0.2) is 69.9 Å². The van der Waals surface area contributed by atoms with E-state index in [1.807, 2.05) is 13.0 Å². The molecule has 0 fully saturated rings. The summed E-state index contributed by atoms with van der Waals surface area (Å²) in [6.07, 6.45) is 0. The maximum atomic E-state index is 13.7. The van der Waals surface area contributed by atoms with Gasteiger partial charge in [0.05, 0.1) is 24.1 Å². The highest BCUT2D eigenvalue weighted by Gasteiger charge is 2.44. The molecule has 7 heteroatoms. The van der Waals surface area contributed by atoms with Gasteiger partial charge in [-0.3, -0.25) is 19.3 Å². The van der Waals surface area contributed by atoms with E-state index in [-0.39, 0.29) is 34.0 Å². The Morgan fingerprint density at radius 1 is 1.03 bits per heavy atom. The average Bonchev–Trinajstić information content (AvgIpc) is 3.12. The number of Topliss-reactive ketones (excluding diaryl/α,β-unsaturated/α-hetero) is 1. The second-order valence-corrected chi connectivity index (χ2v) is 8.29. The molecule has 3 aromatic carbocycles. The number of carbonyl (C=O) groups excluding carboxylic acids is 2. The Hall–Kier alpha value is -4.39. The molecule has 1 aliphatic heterocycles. The minimum Gasteiger partial charge on any atom is -0.504 e. The van der Waals surface area contributed by atoms with Crippen molar-refractivity contribution in [3.8, 4) is 11.5 Å². The molecule has 1 atom stereocenters. The number of carbonyl (C=O) groups is 2. The fraction of sp³-hybridized carbons (Fsp3) is 0.148. The molecule has 5 rings (SSSR count). The van der Waals surface area contributed by atoms with Gasteiger partial charge >= 0.3 is 0 Å². The number of anilines is 1. The lowest BCUT2D eigenvalue weighted by Gasteiger charge is -2.25. The standard InChI is InChI=1S/C27H21NO6/c1-14-4-11-21-19(12-14)25(31)23-24(17-7-10-20(30)22(13-17)33-3)28(27(32)26(23)34-21)18-8-5-16(6-9-18)15(2)29/h4-13,24,30H,1-3H3. The van der Waals surface area contributed by atoms with Crippen LogP contribution in [0.5, 0.6) is 11.5 Å². The molecule has 170 valence electrons. The van der Waals surface area contributed by atoms with Crippen LogP contribution in [-0.2, 0) is 0 Å². The molecule has 1 amide bonds. The van der Waals surface area contributed by atoms with E-state index in [9.17, 15) is 19.5 Å². The first-order valence-corrected chi connectivity index (χ1v) is 10.7. The Bertz CT molecular complexity index is 1530. The first-order chi connectivity index (χ1) is 16.3. The number of aryl methyl sites for hydroxylation is 1. The zero-order valence-corrected chi connectivity index (χ0v) is 18.8. The van der Waals surface area contributed by atoms with Crippen LogP contribution >= 0.6 is 0 Å². The smallest absolute Gasteiger partial charge is 0.295 e. The highest BCUT2D eigenvalue weighted by Crippen LogP contribution is 2.43. The van der Waals surface area contributed by atoms with E-state index < -0.39 is 11.9 Å². The van der Waals surface area contributed by atoms with E-state index in [0.29, 0.717) is 27.8 Å². The van der Waals surface area contributed by atoms with Crippen molar-refractivity contribution >= 4 is 28.3 Å². The number of hydrogen-bond acceptors (Lipinski definition) is 6. The van der Waals surface area contributed by atoms with Crippen molar-refractivity contribution in [2.45, 2.75) is 19.9 Å². The third kappa shape index (κ3) is 3.25. The number of phenolic OH excluding ortho intramolecular Hbond substituents is 1. The summed E-state index contributed by atoms with van der Waals surface area (Å²) >= 11 is 0. The van der Waals surface area contributed by atoms with Crippen LogP contribution in [0.3, 0.4) is 0 Å². The van der Waals surface area contributed by atoms with Gasteiger partial charge in [0.1, 0.15) is 5.58 Å². The van der Waals surface area contributed by atoms with Crippen LogP contribution in [0.4, 0.5) is 5.69 Å². The number of hydrogen-bond donors (Lipinski definition) is 1. The van der Waals surface area contributed by atoms with Gasteiger partial charge in [-0.1, -0.05) is 17.7 Å². The molecule has 1 aliphatic rings. The van der Waals surface area contributed by atoms with Gasteiger partial charge in [0.15, 0.2) is 22.7 Å². The van der Waals surface area contributed by atoms with Crippen molar-refractivity contribution < 1.29 is 23.8 Å². The summed E-state index contributed by atoms with van der Waals surface area (Å²) in [6.45, 7) is 3.34. The maximum Gasteiger partial charge on any atom is 0.295 e. The van der Waals surface area contributed by atoms with Crippen LogP contribution in [-0.4, -0.2) is 23.9 Å². The monoisotopic (exact) mass is 455 g/mol. The SMILES string of the molecule is COc1cc(C2c3c(oc4ccc(C)cc4c3=O)C(=O)N2c2ccc(C(C)=O)cc2)ccc1O. The van der Waals surface area contributed by atoms with E-state index in [4.69, 9.17) is 9.15 Å². The lowest BCUT2D eigenvalue weighted by molar-refractivity contribution is 0.0970. The molecule has 0 radical (unpaired) electrons. The quantitative estimate of drug-likeness (QED) is 0.446. The number of rotatable bonds is 4. The largest absolute Gasteiger partial charge is 0.504 e. The molecule has 4 aromatic rings. The average molecular weight is 455 g/mol. The van der Waals surface area contributed by atoms with Crippen LogP contribution < -0.4 is 15.1 Å². The Kier molecular flexibility index (Phi) is 4.97. The van der Waals surface area contributed by atoms with Gasteiger partial charge in [-0.15, -0.1) is 0 Å². The van der Waals surface area contributed by atoms with E-state index in [2.05, 4.69) is 0 Å². The highest BCUT2D eigenvalue weighted by molar-refractivity contribution is 6.11. The fourth-order valence-corrected chi connectivity index (χ4v) is 4.39. The van der Waals surface area contributed by atoms with Crippen LogP contribution in [0.25, 0.3) is 11.0 Å². The number of fused-ring (bicyclic) bond motifs is 2. The summed E-state index contributed by atoms with van der Waals surface area (Å²) in [7, 11) is 1.43. The zero-order chi connectivity index (χ0) is 24.1. The van der Waals surface area contributed by atoms with Gasteiger partial charge in [-0.25, -0.2) is 0 Å². The van der Waals surface area contributed by atoms with Gasteiger partial charge in [0.2, 0.25) is 5.76 Å². The van der Waals surface area contributed by atoms with E-state index >= 15 is 0 Å². The van der Waals surface area contributed by atoms with Gasteiger partial charge < -0.3 is 14.3 Å². The molecule has 1 unspecified atom stereocenters. The fourth-order valence-electron chi connectivity index (χ4n) is 4.39. The number of methoxy groups -OCH3 is 1. The lowest BCUT2D eigenvalue weighted by Crippen LogP contribution is -2.29. The number of amides is 1. The Labute approximate surface area is 194 Å². The van der Waals surface area contributed by atoms with E-state index in [1.165, 1.54) is 25.0 Å². The van der Waals surface area contributed by atoms with Crippen LogP contribution in [0.1, 0.15) is 50.6 Å². The van der Waals surface area contributed by atoms with Crippen LogP contribution in [0.2, 0.25) is 0 Å². The summed E-state index contributed by atoms with van der Waals surface area (Å²) < 4.78 is 11.2. The molecule has 1 aromatic heterocycles. The molecule has 1 N–H and O–H groups in total. The first-order valence-electron chi connectivity index (χ1n) is 10.7.